The smallest absolute Gasteiger partial charge is 0.232 e. The van der Waals surface area contributed by atoms with Crippen molar-refractivity contribution in [2.24, 2.45) is 0 Å². The number of hydrogen-bond acceptors (Lipinski definition) is 3. The highest BCUT2D eigenvalue weighted by atomic mass is 32.2. The molecule has 1 aromatic heterocycles. The summed E-state index contributed by atoms with van der Waals surface area (Å²) in [4.78, 5) is 7.12. The summed E-state index contributed by atoms with van der Waals surface area (Å²) in [7, 11) is -3.22. The van der Waals surface area contributed by atoms with Crippen molar-refractivity contribution in [3.05, 3.63) is 36.7 Å². The summed E-state index contributed by atoms with van der Waals surface area (Å²) in [6.45, 7) is 1.83. The van der Waals surface area contributed by atoms with Crippen LogP contribution in [0, 0.1) is 0 Å². The van der Waals surface area contributed by atoms with Crippen LogP contribution in [0.5, 0.6) is 0 Å². The third-order valence-corrected chi connectivity index (χ3v) is 3.90. The lowest BCUT2D eigenvalue weighted by Crippen LogP contribution is -2.15. The van der Waals surface area contributed by atoms with Crippen LogP contribution in [0.25, 0.3) is 11.4 Å². The Morgan fingerprint density at radius 3 is 2.56 bits per heavy atom. The Bertz CT molecular complexity index is 589. The van der Waals surface area contributed by atoms with E-state index in [0.29, 0.717) is 12.1 Å². The number of nitrogens with zero attached hydrogens (tertiary/aromatic N) is 1. The van der Waals surface area contributed by atoms with Crippen molar-refractivity contribution < 1.29 is 8.42 Å². The van der Waals surface area contributed by atoms with Crippen molar-refractivity contribution in [1.29, 1.82) is 0 Å². The Morgan fingerprint density at radius 2 is 2.00 bits per heavy atom. The van der Waals surface area contributed by atoms with Gasteiger partial charge in [0.05, 0.1) is 5.75 Å². The van der Waals surface area contributed by atoms with E-state index in [-0.39, 0.29) is 5.75 Å². The van der Waals surface area contributed by atoms with Gasteiger partial charge in [0, 0.05) is 23.6 Å². The molecule has 5 nitrogen and oxygen atoms in total. The molecule has 1 heterocycles. The fourth-order valence-electron chi connectivity index (χ4n) is 1.62. The molecule has 6 heteroatoms. The number of H-pyrrole nitrogens is 1. The molecule has 0 bridgehead atoms. The maximum atomic E-state index is 11.6. The van der Waals surface area contributed by atoms with E-state index in [1.807, 2.05) is 19.1 Å². The summed E-state index contributed by atoms with van der Waals surface area (Å²) in [5.74, 6) is 0.894. The molecule has 2 N–H and O–H groups in total. The Kier molecular flexibility index (Phi) is 3.66. The number of aromatic amines is 1. The summed E-state index contributed by atoms with van der Waals surface area (Å²) in [6.07, 6.45) is 4.01. The molecule has 96 valence electrons. The summed E-state index contributed by atoms with van der Waals surface area (Å²) in [6, 6.07) is 7.10. The normalized spacial score (nSPS) is 11.4. The van der Waals surface area contributed by atoms with Gasteiger partial charge in [0.1, 0.15) is 5.82 Å². The summed E-state index contributed by atoms with van der Waals surface area (Å²) >= 11 is 0. The molecule has 0 unspecified atom stereocenters. The minimum Gasteiger partial charge on any atom is -0.345 e. The molecule has 0 aliphatic heterocycles. The molecule has 0 fully saturated rings. The largest absolute Gasteiger partial charge is 0.345 e. The van der Waals surface area contributed by atoms with Gasteiger partial charge >= 0.3 is 0 Å². The van der Waals surface area contributed by atoms with E-state index >= 15 is 0 Å². The molecule has 2 rings (SSSR count). The lowest BCUT2D eigenvalue weighted by molar-refractivity contribution is 0.600. The minimum atomic E-state index is -3.22. The zero-order chi connectivity index (χ0) is 13.0. The summed E-state index contributed by atoms with van der Waals surface area (Å²) < 4.78 is 25.7. The van der Waals surface area contributed by atoms with E-state index in [4.69, 9.17) is 0 Å². The molecule has 0 spiro atoms. The zero-order valence-corrected chi connectivity index (χ0v) is 10.9. The van der Waals surface area contributed by atoms with Crippen molar-refractivity contribution in [2.75, 3.05) is 10.5 Å². The molecular weight excluding hydrogens is 250 g/mol. The Hall–Kier alpha value is -1.82. The highest BCUT2D eigenvalue weighted by molar-refractivity contribution is 7.92. The molecule has 0 saturated carbocycles. The Labute approximate surface area is 106 Å². The monoisotopic (exact) mass is 265 g/mol. The van der Waals surface area contributed by atoms with Crippen LogP contribution in [0.2, 0.25) is 0 Å². The van der Waals surface area contributed by atoms with Gasteiger partial charge in [-0.2, -0.15) is 0 Å². The third kappa shape index (κ3) is 3.10. The molecule has 0 amide bonds. The lowest BCUT2D eigenvalue weighted by Gasteiger charge is -2.07. The van der Waals surface area contributed by atoms with Gasteiger partial charge in [0.25, 0.3) is 0 Å². The molecule has 18 heavy (non-hydrogen) atoms. The van der Waals surface area contributed by atoms with Crippen LogP contribution in [0.3, 0.4) is 0 Å². The van der Waals surface area contributed by atoms with Crippen LogP contribution in [0.15, 0.2) is 36.7 Å². The molecular formula is C12H15N3O2S. The molecule has 1 aromatic carbocycles. The minimum absolute atomic E-state index is 0.132. The molecule has 2 aromatic rings. The van der Waals surface area contributed by atoms with E-state index in [1.165, 1.54) is 0 Å². The first-order valence-corrected chi connectivity index (χ1v) is 7.36. The molecule has 0 aliphatic rings. The fraction of sp³-hybridized carbons (Fsp3) is 0.250. The fourth-order valence-corrected chi connectivity index (χ4v) is 2.75. The average Bonchev–Trinajstić information content (AvgIpc) is 2.82. The van der Waals surface area contributed by atoms with E-state index in [0.717, 1.165) is 11.4 Å². The maximum absolute atomic E-state index is 11.6. The number of aromatic nitrogens is 2. The molecule has 0 aliphatic carbocycles. The van der Waals surface area contributed by atoms with Crippen molar-refractivity contribution in [2.45, 2.75) is 13.3 Å². The number of hydrogen-bond donors (Lipinski definition) is 2. The van der Waals surface area contributed by atoms with Crippen molar-refractivity contribution in [1.82, 2.24) is 9.97 Å². The second-order valence-electron chi connectivity index (χ2n) is 3.94. The first-order valence-electron chi connectivity index (χ1n) is 5.71. The lowest BCUT2D eigenvalue weighted by atomic mass is 10.2. The van der Waals surface area contributed by atoms with Crippen LogP contribution in [-0.2, 0) is 10.0 Å². The Morgan fingerprint density at radius 1 is 1.28 bits per heavy atom. The summed E-state index contributed by atoms with van der Waals surface area (Å²) in [5, 5.41) is 0. The van der Waals surface area contributed by atoms with Crippen LogP contribution in [0.4, 0.5) is 5.69 Å². The van der Waals surface area contributed by atoms with Gasteiger partial charge in [-0.05, 0) is 30.7 Å². The van der Waals surface area contributed by atoms with Gasteiger partial charge in [-0.3, -0.25) is 4.72 Å². The number of rotatable bonds is 5. The highest BCUT2D eigenvalue weighted by Crippen LogP contribution is 2.18. The quantitative estimate of drug-likeness (QED) is 0.870. The SMILES string of the molecule is CCCS(=O)(=O)Nc1ccc(-c2ncc[nH]2)cc1. The number of nitrogens with one attached hydrogen (secondary N) is 2. The second-order valence-corrected chi connectivity index (χ2v) is 5.78. The maximum Gasteiger partial charge on any atom is 0.232 e. The van der Waals surface area contributed by atoms with Gasteiger partial charge in [-0.15, -0.1) is 0 Å². The number of anilines is 1. The van der Waals surface area contributed by atoms with Crippen LogP contribution < -0.4 is 4.72 Å². The zero-order valence-electron chi connectivity index (χ0n) is 10.1. The van der Waals surface area contributed by atoms with Gasteiger partial charge < -0.3 is 4.98 Å². The topological polar surface area (TPSA) is 74.8 Å². The molecule has 0 saturated heterocycles. The number of sulfonamides is 1. The number of imidazole rings is 1. The predicted octanol–water partition coefficient (Wildman–Crippen LogP) is 2.23. The Balaban J connectivity index is 2.14. The first kappa shape index (κ1) is 12.6. The van der Waals surface area contributed by atoms with Gasteiger partial charge in [0.2, 0.25) is 10.0 Å². The standard InChI is InChI=1S/C12H15N3O2S/c1-2-9-18(16,17)15-11-5-3-10(4-6-11)12-13-7-8-14-12/h3-8,15H,2,9H2,1H3,(H,13,14). The summed E-state index contributed by atoms with van der Waals surface area (Å²) in [5.41, 5.74) is 1.48. The molecule has 0 radical (unpaired) electrons. The third-order valence-electron chi connectivity index (χ3n) is 2.40. The second kappa shape index (κ2) is 5.22. The van der Waals surface area contributed by atoms with Crippen molar-refractivity contribution in [3.63, 3.8) is 0 Å². The van der Waals surface area contributed by atoms with E-state index in [9.17, 15) is 8.42 Å². The van der Waals surface area contributed by atoms with Crippen molar-refractivity contribution in [3.8, 4) is 11.4 Å². The predicted molar refractivity (Wildman–Crippen MR) is 71.7 cm³/mol. The van der Waals surface area contributed by atoms with Gasteiger partial charge in [0.15, 0.2) is 0 Å². The van der Waals surface area contributed by atoms with E-state index < -0.39 is 10.0 Å². The number of benzene rings is 1. The van der Waals surface area contributed by atoms with Gasteiger partial charge in [-0.25, -0.2) is 13.4 Å². The molecule has 0 atom stereocenters. The van der Waals surface area contributed by atoms with E-state index in [1.54, 1.807) is 24.5 Å². The van der Waals surface area contributed by atoms with Crippen LogP contribution in [-0.4, -0.2) is 24.1 Å². The van der Waals surface area contributed by atoms with Crippen LogP contribution in [0.1, 0.15) is 13.3 Å². The highest BCUT2D eigenvalue weighted by Gasteiger charge is 2.08. The first-order chi connectivity index (χ1) is 8.61. The van der Waals surface area contributed by atoms with E-state index in [2.05, 4.69) is 14.7 Å². The van der Waals surface area contributed by atoms with Crippen LogP contribution >= 0.6 is 0 Å². The van der Waals surface area contributed by atoms with Gasteiger partial charge in [-0.1, -0.05) is 6.92 Å². The average molecular weight is 265 g/mol. The van der Waals surface area contributed by atoms with Crippen molar-refractivity contribution >= 4 is 15.7 Å².